The maximum absolute atomic E-state index is 15.0. The van der Waals surface area contributed by atoms with Gasteiger partial charge in [-0.05, 0) is 43.3 Å². The van der Waals surface area contributed by atoms with Crippen LogP contribution in [0.2, 0.25) is 0 Å². The number of fused-ring (bicyclic) bond motifs is 1. The largest absolute Gasteiger partial charge is 0.477 e. The molecule has 0 spiro atoms. The van der Waals surface area contributed by atoms with Crippen LogP contribution in [-0.4, -0.2) is 52.6 Å². The summed E-state index contributed by atoms with van der Waals surface area (Å²) in [5.74, 6) is -2.62. The number of amides is 1. The molecule has 2 heterocycles. The molecule has 4 rings (SSSR count). The number of hydrogen-bond acceptors (Lipinski definition) is 4. The van der Waals surface area contributed by atoms with Gasteiger partial charge in [-0.25, -0.2) is 13.6 Å². The first-order valence-electron chi connectivity index (χ1n) is 10.2. The zero-order valence-corrected chi connectivity index (χ0v) is 17.3. The second-order valence-electron chi connectivity index (χ2n) is 7.57. The van der Waals surface area contributed by atoms with Crippen molar-refractivity contribution < 1.29 is 23.5 Å². The predicted molar refractivity (Wildman–Crippen MR) is 115 cm³/mol. The fourth-order valence-electron chi connectivity index (χ4n) is 3.98. The number of piperazine rings is 1. The van der Waals surface area contributed by atoms with Crippen LogP contribution in [0.4, 0.5) is 14.5 Å². The van der Waals surface area contributed by atoms with Crippen LogP contribution in [0.3, 0.4) is 0 Å². The first kappa shape index (κ1) is 21.5. The fourth-order valence-corrected chi connectivity index (χ4v) is 3.98. The Morgan fingerprint density at radius 1 is 1.03 bits per heavy atom. The van der Waals surface area contributed by atoms with Gasteiger partial charge in [0.15, 0.2) is 0 Å². The zero-order valence-electron chi connectivity index (χ0n) is 17.3. The summed E-state index contributed by atoms with van der Waals surface area (Å²) in [6.07, 6.45) is 1.27. The van der Waals surface area contributed by atoms with E-state index in [1.807, 2.05) is 0 Å². The van der Waals surface area contributed by atoms with Crippen LogP contribution in [0.15, 0.2) is 47.4 Å². The number of pyridine rings is 1. The van der Waals surface area contributed by atoms with Crippen molar-refractivity contribution in [3.63, 3.8) is 0 Å². The monoisotopic (exact) mass is 441 g/mol. The number of carboxylic acids is 1. The third-order valence-corrected chi connectivity index (χ3v) is 5.72. The molecule has 1 aliphatic rings. The molecule has 166 valence electrons. The van der Waals surface area contributed by atoms with Gasteiger partial charge < -0.3 is 19.5 Å². The van der Waals surface area contributed by atoms with Crippen LogP contribution in [0, 0.1) is 11.6 Å². The van der Waals surface area contributed by atoms with Crippen LogP contribution < -0.4 is 10.3 Å². The molecular formula is C23H21F2N3O4. The highest BCUT2D eigenvalue weighted by Crippen LogP contribution is 2.26. The molecule has 32 heavy (non-hydrogen) atoms. The Balaban J connectivity index is 1.61. The number of aromatic nitrogens is 1. The lowest BCUT2D eigenvalue weighted by atomic mass is 10.1. The van der Waals surface area contributed by atoms with E-state index in [0.29, 0.717) is 43.8 Å². The number of carboxylic acid groups (broad SMARTS) is 1. The molecule has 0 unspecified atom stereocenters. The number of halogens is 2. The average Bonchev–Trinajstić information content (AvgIpc) is 2.79. The van der Waals surface area contributed by atoms with Gasteiger partial charge in [-0.2, -0.15) is 0 Å². The Morgan fingerprint density at radius 3 is 2.28 bits per heavy atom. The lowest BCUT2D eigenvalue weighted by Gasteiger charge is -2.36. The summed E-state index contributed by atoms with van der Waals surface area (Å²) in [4.78, 5) is 39.9. The number of hydrogen-bond donors (Lipinski definition) is 1. The van der Waals surface area contributed by atoms with E-state index in [2.05, 4.69) is 0 Å². The van der Waals surface area contributed by atoms with Crippen molar-refractivity contribution in [3.05, 3.63) is 75.6 Å². The molecule has 1 saturated heterocycles. The molecule has 3 aromatic rings. The Hall–Kier alpha value is -3.75. The van der Waals surface area contributed by atoms with Gasteiger partial charge in [-0.1, -0.05) is 0 Å². The van der Waals surface area contributed by atoms with E-state index in [0.717, 1.165) is 6.07 Å². The lowest BCUT2D eigenvalue weighted by Crippen LogP contribution is -2.49. The summed E-state index contributed by atoms with van der Waals surface area (Å²) >= 11 is 0. The molecule has 1 aliphatic heterocycles. The first-order valence-corrected chi connectivity index (χ1v) is 10.2. The second-order valence-corrected chi connectivity index (χ2v) is 7.57. The lowest BCUT2D eigenvalue weighted by molar-refractivity contribution is 0.0693. The highest BCUT2D eigenvalue weighted by molar-refractivity contribution is 5.95. The molecule has 1 aromatic heterocycles. The predicted octanol–water partition coefficient (Wildman–Crippen LogP) is 2.96. The molecule has 7 nitrogen and oxygen atoms in total. The average molecular weight is 441 g/mol. The molecule has 0 aliphatic carbocycles. The highest BCUT2D eigenvalue weighted by Gasteiger charge is 2.25. The van der Waals surface area contributed by atoms with Gasteiger partial charge in [0, 0.05) is 49.9 Å². The Morgan fingerprint density at radius 2 is 1.69 bits per heavy atom. The Bertz CT molecular complexity index is 1260. The molecule has 0 radical (unpaired) electrons. The molecule has 1 N–H and O–H groups in total. The van der Waals surface area contributed by atoms with Gasteiger partial charge in [-0.15, -0.1) is 0 Å². The minimum Gasteiger partial charge on any atom is -0.477 e. The van der Waals surface area contributed by atoms with E-state index in [1.54, 1.807) is 27.4 Å². The molecule has 0 saturated carbocycles. The summed E-state index contributed by atoms with van der Waals surface area (Å²) in [6.45, 7) is 3.66. The van der Waals surface area contributed by atoms with Gasteiger partial charge in [0.05, 0.1) is 11.2 Å². The Labute approximate surface area is 182 Å². The van der Waals surface area contributed by atoms with Crippen molar-refractivity contribution in [2.45, 2.75) is 13.5 Å². The minimum atomic E-state index is -1.36. The zero-order chi connectivity index (χ0) is 23.0. The summed E-state index contributed by atoms with van der Waals surface area (Å²) in [6, 6.07) is 7.97. The van der Waals surface area contributed by atoms with Crippen LogP contribution >= 0.6 is 0 Å². The van der Waals surface area contributed by atoms with Crippen molar-refractivity contribution in [1.29, 1.82) is 0 Å². The van der Waals surface area contributed by atoms with Gasteiger partial charge in [0.25, 0.3) is 5.91 Å². The number of carbonyl (C=O) groups is 2. The molecule has 0 bridgehead atoms. The van der Waals surface area contributed by atoms with Crippen molar-refractivity contribution in [3.8, 4) is 0 Å². The van der Waals surface area contributed by atoms with Crippen molar-refractivity contribution >= 4 is 28.5 Å². The van der Waals surface area contributed by atoms with Gasteiger partial charge >= 0.3 is 5.97 Å². The van der Waals surface area contributed by atoms with E-state index >= 15 is 0 Å². The van der Waals surface area contributed by atoms with E-state index in [1.165, 1.54) is 30.5 Å². The van der Waals surface area contributed by atoms with Gasteiger partial charge in [0.2, 0.25) is 5.43 Å². The fraction of sp³-hybridized carbons (Fsp3) is 0.261. The summed E-state index contributed by atoms with van der Waals surface area (Å²) in [7, 11) is 0. The van der Waals surface area contributed by atoms with E-state index in [9.17, 15) is 28.3 Å². The Kier molecular flexibility index (Phi) is 5.65. The van der Waals surface area contributed by atoms with Crippen molar-refractivity contribution in [2.24, 2.45) is 0 Å². The number of carbonyl (C=O) groups excluding carboxylic acids is 1. The molecule has 1 fully saturated rings. The number of aryl methyl sites for hydroxylation is 1. The summed E-state index contributed by atoms with van der Waals surface area (Å²) in [5, 5.41) is 9.28. The summed E-state index contributed by atoms with van der Waals surface area (Å²) in [5.41, 5.74) is -0.00510. The SMILES string of the molecule is CCn1cc(C(=O)O)c(=O)c2cc(F)c(N3CCN(C(=O)c4ccc(F)cc4)CC3)cc21. The normalized spacial score (nSPS) is 14.1. The van der Waals surface area contributed by atoms with Crippen LogP contribution in [-0.2, 0) is 6.54 Å². The summed E-state index contributed by atoms with van der Waals surface area (Å²) < 4.78 is 29.7. The van der Waals surface area contributed by atoms with E-state index < -0.39 is 28.6 Å². The van der Waals surface area contributed by atoms with Crippen LogP contribution in [0.5, 0.6) is 0 Å². The molecule has 2 aromatic carbocycles. The molecule has 0 atom stereocenters. The topological polar surface area (TPSA) is 82.8 Å². The smallest absolute Gasteiger partial charge is 0.341 e. The number of benzene rings is 2. The third-order valence-electron chi connectivity index (χ3n) is 5.72. The first-order chi connectivity index (χ1) is 15.3. The van der Waals surface area contributed by atoms with Crippen molar-refractivity contribution in [1.82, 2.24) is 9.47 Å². The van der Waals surface area contributed by atoms with Gasteiger partial charge in [0.1, 0.15) is 17.2 Å². The van der Waals surface area contributed by atoms with Crippen molar-refractivity contribution in [2.75, 3.05) is 31.1 Å². The van der Waals surface area contributed by atoms with E-state index in [-0.39, 0.29) is 17.0 Å². The highest BCUT2D eigenvalue weighted by atomic mass is 19.1. The molecule has 1 amide bonds. The number of aromatic carboxylic acids is 1. The molecule has 9 heteroatoms. The van der Waals surface area contributed by atoms with Crippen LogP contribution in [0.25, 0.3) is 10.9 Å². The number of rotatable bonds is 4. The number of nitrogens with zero attached hydrogens (tertiary/aromatic N) is 3. The maximum atomic E-state index is 15.0. The number of anilines is 1. The quantitative estimate of drug-likeness (QED) is 0.673. The third kappa shape index (κ3) is 3.81. The second kappa shape index (κ2) is 8.41. The minimum absolute atomic E-state index is 0.0122. The maximum Gasteiger partial charge on any atom is 0.341 e. The van der Waals surface area contributed by atoms with E-state index in [4.69, 9.17) is 0 Å². The van der Waals surface area contributed by atoms with Crippen LogP contribution in [0.1, 0.15) is 27.6 Å². The van der Waals surface area contributed by atoms with Gasteiger partial charge in [-0.3, -0.25) is 9.59 Å². The standard InChI is InChI=1S/C23H21F2N3O4/c1-2-26-13-17(23(31)32)21(29)16-11-18(25)20(12-19(16)26)27-7-9-28(10-8-27)22(30)14-3-5-15(24)6-4-14/h3-6,11-13H,2,7-10H2,1H3,(H,31,32). The molecular weight excluding hydrogens is 420 g/mol.